The molecule has 28 heavy (non-hydrogen) atoms. The lowest BCUT2D eigenvalue weighted by Gasteiger charge is -2.18. The summed E-state index contributed by atoms with van der Waals surface area (Å²) in [4.78, 5) is 26.9. The molecular weight excluding hydrogens is 356 g/mol. The Labute approximate surface area is 163 Å². The smallest absolute Gasteiger partial charge is 0.339 e. The van der Waals surface area contributed by atoms with E-state index in [0.29, 0.717) is 11.5 Å². The van der Waals surface area contributed by atoms with Crippen molar-refractivity contribution in [2.45, 2.75) is 19.8 Å². The van der Waals surface area contributed by atoms with Gasteiger partial charge in [0.1, 0.15) is 12.1 Å². The molecule has 0 amide bonds. The van der Waals surface area contributed by atoms with Crippen LogP contribution in [0.15, 0.2) is 43.2 Å². The van der Waals surface area contributed by atoms with Gasteiger partial charge in [0.2, 0.25) is 0 Å². The van der Waals surface area contributed by atoms with Gasteiger partial charge in [0.25, 0.3) is 0 Å². The Morgan fingerprint density at radius 3 is 2.86 bits per heavy atom. The fourth-order valence-corrected chi connectivity index (χ4v) is 3.54. The van der Waals surface area contributed by atoms with Crippen LogP contribution in [0.1, 0.15) is 27.9 Å². The molecule has 1 fully saturated rings. The third-order valence-corrected chi connectivity index (χ3v) is 4.93. The highest BCUT2D eigenvalue weighted by atomic mass is 16.5. The minimum atomic E-state index is -0.357. The molecule has 1 unspecified atom stereocenters. The van der Waals surface area contributed by atoms with E-state index in [9.17, 15) is 4.79 Å². The average molecular weight is 378 g/mol. The first-order valence-electron chi connectivity index (χ1n) is 9.23. The van der Waals surface area contributed by atoms with Crippen LogP contribution in [0.3, 0.4) is 0 Å². The minimum Gasteiger partial charge on any atom is -0.465 e. The van der Waals surface area contributed by atoms with Crippen LogP contribution in [0.5, 0.6) is 0 Å². The standard InChI is InChI=1S/C20H22N6O2/c1-14-8-24-26(11-14)19-7-18(22-13-23-19)25-4-3-15(12-25)5-16-6-17(10-21-9-16)20(27)28-2/h6-11,13,15H,3-5,12H2,1-2H3. The molecule has 3 aromatic rings. The summed E-state index contributed by atoms with van der Waals surface area (Å²) in [6.07, 6.45) is 10.6. The normalized spacial score (nSPS) is 16.4. The van der Waals surface area contributed by atoms with E-state index in [4.69, 9.17) is 4.74 Å². The van der Waals surface area contributed by atoms with E-state index in [1.807, 2.05) is 37.6 Å². The average Bonchev–Trinajstić information content (AvgIpc) is 3.37. The highest BCUT2D eigenvalue weighted by Gasteiger charge is 2.24. The van der Waals surface area contributed by atoms with Crippen LogP contribution in [0.2, 0.25) is 0 Å². The van der Waals surface area contributed by atoms with Gasteiger partial charge in [-0.15, -0.1) is 0 Å². The first-order valence-corrected chi connectivity index (χ1v) is 9.23. The fourth-order valence-electron chi connectivity index (χ4n) is 3.54. The second kappa shape index (κ2) is 7.75. The lowest BCUT2D eigenvalue weighted by atomic mass is 9.99. The summed E-state index contributed by atoms with van der Waals surface area (Å²) in [7, 11) is 1.38. The van der Waals surface area contributed by atoms with Crippen LogP contribution in [0.25, 0.3) is 5.82 Å². The molecule has 1 saturated heterocycles. The number of ether oxygens (including phenoxy) is 1. The molecule has 0 bridgehead atoms. The Kier molecular flexibility index (Phi) is 5.01. The second-order valence-electron chi connectivity index (χ2n) is 7.07. The molecule has 8 heteroatoms. The van der Waals surface area contributed by atoms with Gasteiger partial charge >= 0.3 is 5.97 Å². The van der Waals surface area contributed by atoms with Crippen LogP contribution in [0.4, 0.5) is 5.82 Å². The van der Waals surface area contributed by atoms with Crippen molar-refractivity contribution in [1.29, 1.82) is 0 Å². The summed E-state index contributed by atoms with van der Waals surface area (Å²) in [5, 5.41) is 4.32. The lowest BCUT2D eigenvalue weighted by Crippen LogP contribution is -2.22. The Bertz CT molecular complexity index is 986. The van der Waals surface area contributed by atoms with E-state index in [-0.39, 0.29) is 5.97 Å². The molecule has 4 rings (SSSR count). The molecule has 1 aliphatic rings. The molecule has 3 aromatic heterocycles. The summed E-state index contributed by atoms with van der Waals surface area (Å²) in [6, 6.07) is 3.83. The number of anilines is 1. The number of carbonyl (C=O) groups excluding carboxylic acids is 1. The number of aryl methyl sites for hydroxylation is 1. The van der Waals surface area contributed by atoms with Gasteiger partial charge in [-0.05, 0) is 42.9 Å². The van der Waals surface area contributed by atoms with Crippen molar-refractivity contribution in [3.8, 4) is 5.82 Å². The molecule has 1 aliphatic heterocycles. The minimum absolute atomic E-state index is 0.357. The number of hydrogen-bond acceptors (Lipinski definition) is 7. The molecule has 0 spiro atoms. The number of nitrogens with zero attached hydrogens (tertiary/aromatic N) is 6. The monoisotopic (exact) mass is 378 g/mol. The summed E-state index contributed by atoms with van der Waals surface area (Å²) in [5.41, 5.74) is 2.62. The second-order valence-corrected chi connectivity index (χ2v) is 7.07. The third kappa shape index (κ3) is 3.85. The van der Waals surface area contributed by atoms with E-state index in [2.05, 4.69) is 25.0 Å². The highest BCUT2D eigenvalue weighted by Crippen LogP contribution is 2.25. The summed E-state index contributed by atoms with van der Waals surface area (Å²) >= 11 is 0. The van der Waals surface area contributed by atoms with E-state index in [1.165, 1.54) is 13.3 Å². The number of carbonyl (C=O) groups is 1. The van der Waals surface area contributed by atoms with Gasteiger partial charge in [-0.25, -0.2) is 19.4 Å². The summed E-state index contributed by atoms with van der Waals surface area (Å²) < 4.78 is 6.54. The Morgan fingerprint density at radius 2 is 2.07 bits per heavy atom. The summed E-state index contributed by atoms with van der Waals surface area (Å²) in [5.74, 6) is 1.78. The van der Waals surface area contributed by atoms with Gasteiger partial charge in [-0.1, -0.05) is 0 Å². The van der Waals surface area contributed by atoms with Crippen LogP contribution in [-0.2, 0) is 11.2 Å². The molecule has 144 valence electrons. The predicted molar refractivity (Wildman–Crippen MR) is 103 cm³/mol. The molecule has 0 aliphatic carbocycles. The van der Waals surface area contributed by atoms with Gasteiger partial charge in [0.15, 0.2) is 5.82 Å². The van der Waals surface area contributed by atoms with Gasteiger partial charge in [-0.3, -0.25) is 4.98 Å². The van der Waals surface area contributed by atoms with Crippen LogP contribution < -0.4 is 4.90 Å². The Morgan fingerprint density at radius 1 is 1.21 bits per heavy atom. The molecule has 0 N–H and O–H groups in total. The van der Waals surface area contributed by atoms with Gasteiger partial charge in [-0.2, -0.15) is 5.10 Å². The maximum atomic E-state index is 11.7. The number of aromatic nitrogens is 5. The topological polar surface area (TPSA) is 86.0 Å². The number of rotatable bonds is 5. The molecule has 1 atom stereocenters. The van der Waals surface area contributed by atoms with Gasteiger partial charge in [0.05, 0.1) is 18.9 Å². The molecule has 8 nitrogen and oxygen atoms in total. The van der Waals surface area contributed by atoms with E-state index < -0.39 is 0 Å². The van der Waals surface area contributed by atoms with Crippen molar-refractivity contribution in [3.05, 3.63) is 59.9 Å². The van der Waals surface area contributed by atoms with Crippen molar-refractivity contribution < 1.29 is 9.53 Å². The fraction of sp³-hybridized carbons (Fsp3) is 0.350. The molecule has 0 radical (unpaired) electrons. The van der Waals surface area contributed by atoms with Crippen molar-refractivity contribution >= 4 is 11.8 Å². The molecule has 0 saturated carbocycles. The van der Waals surface area contributed by atoms with Crippen LogP contribution in [-0.4, -0.2) is 50.9 Å². The highest BCUT2D eigenvalue weighted by molar-refractivity contribution is 5.89. The zero-order valence-electron chi connectivity index (χ0n) is 15.9. The van der Waals surface area contributed by atoms with Crippen LogP contribution >= 0.6 is 0 Å². The quantitative estimate of drug-likeness (QED) is 0.629. The number of pyridine rings is 1. The maximum absolute atomic E-state index is 11.7. The molecule has 0 aromatic carbocycles. The number of hydrogen-bond donors (Lipinski definition) is 0. The van der Waals surface area contributed by atoms with E-state index >= 15 is 0 Å². The van der Waals surface area contributed by atoms with Crippen molar-refractivity contribution in [2.75, 3.05) is 25.1 Å². The number of methoxy groups -OCH3 is 1. The summed E-state index contributed by atoms with van der Waals surface area (Å²) in [6.45, 7) is 3.83. The van der Waals surface area contributed by atoms with Crippen LogP contribution in [0, 0.1) is 12.8 Å². The largest absolute Gasteiger partial charge is 0.465 e. The lowest BCUT2D eigenvalue weighted by molar-refractivity contribution is 0.0600. The van der Waals surface area contributed by atoms with Crippen molar-refractivity contribution in [2.24, 2.45) is 5.92 Å². The van der Waals surface area contributed by atoms with Gasteiger partial charge in [0, 0.05) is 37.7 Å². The van der Waals surface area contributed by atoms with Gasteiger partial charge < -0.3 is 9.64 Å². The first-order chi connectivity index (χ1) is 13.6. The Hall–Kier alpha value is -3.29. The third-order valence-electron chi connectivity index (χ3n) is 4.93. The number of esters is 1. The predicted octanol–water partition coefficient (Wildman–Crippen LogP) is 2.22. The van der Waals surface area contributed by atoms with Crippen molar-refractivity contribution in [3.63, 3.8) is 0 Å². The van der Waals surface area contributed by atoms with E-state index in [0.717, 1.165) is 48.7 Å². The zero-order valence-corrected chi connectivity index (χ0v) is 15.9. The zero-order chi connectivity index (χ0) is 19.5. The molecular formula is C20H22N6O2. The molecule has 4 heterocycles. The Balaban J connectivity index is 1.44. The maximum Gasteiger partial charge on any atom is 0.339 e. The van der Waals surface area contributed by atoms with Crippen molar-refractivity contribution in [1.82, 2.24) is 24.7 Å². The SMILES string of the molecule is COC(=O)c1cncc(CC2CCN(c3cc(-n4cc(C)cn4)ncn3)C2)c1. The first kappa shape index (κ1) is 18.1. The van der Waals surface area contributed by atoms with E-state index in [1.54, 1.807) is 11.0 Å².